The van der Waals surface area contributed by atoms with Crippen molar-refractivity contribution in [2.45, 2.75) is 13.1 Å². The van der Waals surface area contributed by atoms with Gasteiger partial charge < -0.3 is 14.5 Å². The summed E-state index contributed by atoms with van der Waals surface area (Å²) in [6.07, 6.45) is 0. The first-order valence-electron chi connectivity index (χ1n) is 12.0. The van der Waals surface area contributed by atoms with E-state index in [1.807, 2.05) is 60.7 Å². The lowest BCUT2D eigenvalue weighted by Gasteiger charge is -2.34. The van der Waals surface area contributed by atoms with Crippen molar-refractivity contribution in [1.82, 2.24) is 14.0 Å². The molecular weight excluding hydrogens is 567 g/mol. The van der Waals surface area contributed by atoms with E-state index in [1.165, 1.54) is 4.57 Å². The average molecular weight is 596 g/mol. The molecule has 8 heteroatoms. The van der Waals surface area contributed by atoms with E-state index >= 15 is 0 Å². The summed E-state index contributed by atoms with van der Waals surface area (Å²) in [7, 11) is 3.72. The lowest BCUT2D eigenvalue weighted by molar-refractivity contribution is 0.313. The maximum absolute atomic E-state index is 14.0. The van der Waals surface area contributed by atoms with Gasteiger partial charge in [0.2, 0.25) is 0 Å². The second-order valence-electron chi connectivity index (χ2n) is 9.21. The molecule has 0 radical (unpaired) electrons. The van der Waals surface area contributed by atoms with Crippen LogP contribution in [0.4, 0.5) is 5.69 Å². The van der Waals surface area contributed by atoms with Gasteiger partial charge in [-0.2, -0.15) is 0 Å². The summed E-state index contributed by atoms with van der Waals surface area (Å²) in [6, 6.07) is 21.4. The molecule has 1 aromatic heterocycles. The Balaban J connectivity index is 1.74. The quantitative estimate of drug-likeness (QED) is 0.319. The molecule has 4 aromatic rings. The van der Waals surface area contributed by atoms with Crippen LogP contribution < -0.4 is 20.9 Å². The topological polar surface area (TPSA) is 59.7 Å². The number of ether oxygens (including phenoxy) is 1. The number of nitrogens with zero attached hydrogens (tertiary/aromatic N) is 4. The fraction of sp³-hybridized carbons (Fsp3) is 0.286. The van der Waals surface area contributed by atoms with E-state index < -0.39 is 0 Å². The first kappa shape index (κ1) is 24.6. The number of halogens is 1. The molecule has 3 aromatic carbocycles. The number of hydrogen-bond donors (Lipinski definition) is 0. The van der Waals surface area contributed by atoms with E-state index in [0.29, 0.717) is 23.2 Å². The maximum Gasteiger partial charge on any atom is 0.332 e. The summed E-state index contributed by atoms with van der Waals surface area (Å²) in [5.41, 5.74) is 2.85. The molecule has 1 aliphatic rings. The van der Waals surface area contributed by atoms with Crippen LogP contribution in [0.3, 0.4) is 0 Å². The SMILES string of the molecule is COc1cccc(Cn2c(=O)c3c(N4CCN(C)CC4)cc(I)cc3n(Cc3ccccc3)c2=O)c1. The van der Waals surface area contributed by atoms with E-state index in [-0.39, 0.29) is 17.8 Å². The van der Waals surface area contributed by atoms with Crippen molar-refractivity contribution in [3.05, 3.63) is 102 Å². The van der Waals surface area contributed by atoms with Gasteiger partial charge >= 0.3 is 5.69 Å². The van der Waals surface area contributed by atoms with Crippen LogP contribution in [0.5, 0.6) is 5.75 Å². The third-order valence-electron chi connectivity index (χ3n) is 6.78. The van der Waals surface area contributed by atoms with Crippen LogP contribution in [-0.2, 0) is 13.1 Å². The van der Waals surface area contributed by atoms with Crippen LogP contribution in [0.1, 0.15) is 11.1 Å². The smallest absolute Gasteiger partial charge is 0.332 e. The highest BCUT2D eigenvalue weighted by molar-refractivity contribution is 14.1. The van der Waals surface area contributed by atoms with Crippen molar-refractivity contribution in [3.63, 3.8) is 0 Å². The largest absolute Gasteiger partial charge is 0.497 e. The highest BCUT2D eigenvalue weighted by atomic mass is 127. The molecule has 0 amide bonds. The van der Waals surface area contributed by atoms with E-state index in [1.54, 1.807) is 11.7 Å². The molecule has 186 valence electrons. The summed E-state index contributed by atoms with van der Waals surface area (Å²) in [5.74, 6) is 0.693. The van der Waals surface area contributed by atoms with Crippen molar-refractivity contribution in [3.8, 4) is 5.75 Å². The summed E-state index contributed by atoms with van der Waals surface area (Å²) in [4.78, 5) is 32.5. The fourth-order valence-corrected chi connectivity index (χ4v) is 5.38. The third kappa shape index (κ3) is 4.92. The summed E-state index contributed by atoms with van der Waals surface area (Å²) in [5, 5.41) is 0.596. The second-order valence-corrected chi connectivity index (χ2v) is 10.5. The van der Waals surface area contributed by atoms with E-state index in [2.05, 4.69) is 45.5 Å². The van der Waals surface area contributed by atoms with Crippen LogP contribution in [0, 0.1) is 3.57 Å². The molecular formula is C28H29IN4O3. The molecule has 0 atom stereocenters. The number of hydrogen-bond acceptors (Lipinski definition) is 5. The molecule has 0 bridgehead atoms. The van der Waals surface area contributed by atoms with Crippen molar-refractivity contribution in [1.29, 1.82) is 0 Å². The monoisotopic (exact) mass is 596 g/mol. The Morgan fingerprint density at radius 1 is 0.833 bits per heavy atom. The third-order valence-corrected chi connectivity index (χ3v) is 7.40. The zero-order chi connectivity index (χ0) is 25.2. The number of likely N-dealkylation sites (N-methyl/N-ethyl adjacent to an activating group) is 1. The minimum absolute atomic E-state index is 0.174. The predicted molar refractivity (Wildman–Crippen MR) is 153 cm³/mol. The first-order valence-corrected chi connectivity index (χ1v) is 13.1. The Kier molecular flexibility index (Phi) is 7.15. The number of aromatic nitrogens is 2. The highest BCUT2D eigenvalue weighted by Crippen LogP contribution is 2.28. The van der Waals surface area contributed by atoms with Gasteiger partial charge in [0, 0.05) is 29.7 Å². The lowest BCUT2D eigenvalue weighted by Crippen LogP contribution is -2.46. The van der Waals surface area contributed by atoms with Gasteiger partial charge in [0.05, 0.1) is 36.8 Å². The molecule has 0 N–H and O–H groups in total. The van der Waals surface area contributed by atoms with Crippen LogP contribution in [0.2, 0.25) is 0 Å². The van der Waals surface area contributed by atoms with Gasteiger partial charge in [0.15, 0.2) is 0 Å². The van der Waals surface area contributed by atoms with Crippen molar-refractivity contribution in [2.24, 2.45) is 0 Å². The molecule has 36 heavy (non-hydrogen) atoms. The van der Waals surface area contributed by atoms with E-state index in [9.17, 15) is 9.59 Å². The van der Waals surface area contributed by atoms with Crippen molar-refractivity contribution >= 4 is 39.2 Å². The molecule has 0 aliphatic carbocycles. The molecule has 7 nitrogen and oxygen atoms in total. The van der Waals surface area contributed by atoms with Crippen LogP contribution in [0.25, 0.3) is 10.9 Å². The summed E-state index contributed by atoms with van der Waals surface area (Å²) >= 11 is 2.28. The van der Waals surface area contributed by atoms with Gasteiger partial charge in [-0.05, 0) is 65.0 Å². The van der Waals surface area contributed by atoms with Crippen LogP contribution in [0.15, 0.2) is 76.3 Å². The summed E-state index contributed by atoms with van der Waals surface area (Å²) in [6.45, 7) is 4.07. The number of piperazine rings is 1. The minimum Gasteiger partial charge on any atom is -0.497 e. The number of methoxy groups -OCH3 is 1. The Morgan fingerprint density at radius 3 is 2.25 bits per heavy atom. The fourth-order valence-electron chi connectivity index (χ4n) is 4.79. The summed E-state index contributed by atoms with van der Waals surface area (Å²) < 4.78 is 9.48. The van der Waals surface area contributed by atoms with Crippen LogP contribution >= 0.6 is 22.6 Å². The zero-order valence-corrected chi connectivity index (χ0v) is 22.6. The molecule has 1 fully saturated rings. The van der Waals surface area contributed by atoms with Gasteiger partial charge in [-0.3, -0.25) is 13.9 Å². The van der Waals surface area contributed by atoms with E-state index in [0.717, 1.165) is 46.6 Å². The lowest BCUT2D eigenvalue weighted by atomic mass is 10.1. The highest BCUT2D eigenvalue weighted by Gasteiger charge is 2.23. The molecule has 1 saturated heterocycles. The van der Waals surface area contributed by atoms with Gasteiger partial charge in [-0.1, -0.05) is 42.5 Å². The standard InChI is InChI=1S/C28H29IN4O3/c1-30-11-13-31(14-12-30)24-16-22(29)17-25-26(24)27(34)33(19-21-9-6-10-23(15-21)36-2)28(35)32(25)18-20-7-4-3-5-8-20/h3-10,15-17H,11-14,18-19H2,1-2H3. The zero-order valence-electron chi connectivity index (χ0n) is 20.5. The van der Waals surface area contributed by atoms with Crippen LogP contribution in [-0.4, -0.2) is 54.4 Å². The van der Waals surface area contributed by atoms with Gasteiger partial charge in [0.1, 0.15) is 5.75 Å². The van der Waals surface area contributed by atoms with Crippen molar-refractivity contribution < 1.29 is 4.74 Å². The Labute approximate surface area is 223 Å². The molecule has 0 spiro atoms. The first-order chi connectivity index (χ1) is 17.4. The number of anilines is 1. The second kappa shape index (κ2) is 10.5. The normalized spacial score (nSPS) is 14.4. The Bertz CT molecular complexity index is 1510. The maximum atomic E-state index is 14.0. The average Bonchev–Trinajstić information content (AvgIpc) is 2.89. The predicted octanol–water partition coefficient (Wildman–Crippen LogP) is 3.62. The minimum atomic E-state index is -0.314. The Morgan fingerprint density at radius 2 is 1.53 bits per heavy atom. The van der Waals surface area contributed by atoms with Gasteiger partial charge in [-0.15, -0.1) is 0 Å². The van der Waals surface area contributed by atoms with Crippen molar-refractivity contribution in [2.75, 3.05) is 45.2 Å². The number of rotatable bonds is 6. The molecule has 0 unspecified atom stereocenters. The Hall–Kier alpha value is -3.11. The molecule has 2 heterocycles. The number of benzene rings is 3. The molecule has 1 aliphatic heterocycles. The molecule has 0 saturated carbocycles. The van der Waals surface area contributed by atoms with Gasteiger partial charge in [0.25, 0.3) is 5.56 Å². The molecule has 5 rings (SSSR count). The van der Waals surface area contributed by atoms with Gasteiger partial charge in [-0.25, -0.2) is 4.79 Å². The van der Waals surface area contributed by atoms with E-state index in [4.69, 9.17) is 4.74 Å². The number of fused-ring (bicyclic) bond motifs is 1.